The van der Waals surface area contributed by atoms with E-state index in [0.29, 0.717) is 0 Å². The molecule has 1 aliphatic rings. The maximum absolute atomic E-state index is 2.30. The summed E-state index contributed by atoms with van der Waals surface area (Å²) in [7, 11) is 0. The van der Waals surface area contributed by atoms with Crippen LogP contribution in [0.4, 0.5) is 0 Å². The number of hydrogen-bond acceptors (Lipinski definition) is 0. The number of aryl methyl sites for hydroxylation is 1. The molecule has 0 aliphatic heterocycles. The molecule has 0 bridgehead atoms. The predicted octanol–water partition coefficient (Wildman–Crippen LogP) is 3.02. The normalized spacial score (nSPS) is 12.5. The zero-order valence-corrected chi connectivity index (χ0v) is 10.2. The third-order valence-electron chi connectivity index (χ3n) is 2.53. The quantitative estimate of drug-likeness (QED) is 0.653. The highest BCUT2D eigenvalue weighted by atomic mass is 14.0. The Balaban J connectivity index is 0.000000531. The van der Waals surface area contributed by atoms with Gasteiger partial charge in [0.15, 0.2) is 0 Å². The third kappa shape index (κ3) is 2.38. The van der Waals surface area contributed by atoms with Crippen molar-refractivity contribution in [3.05, 3.63) is 39.8 Å². The second-order valence-corrected chi connectivity index (χ2v) is 3.44. The average molecular weight is 200 g/mol. The SMILES string of the molecule is C/C=C\c1c(C)ccc2c1=CCC=2.CC. The number of allylic oxidation sites excluding steroid dienone is 1. The van der Waals surface area contributed by atoms with Crippen LogP contribution in [0.15, 0.2) is 18.2 Å². The van der Waals surface area contributed by atoms with Crippen LogP contribution in [0.3, 0.4) is 0 Å². The smallest absolute Gasteiger partial charge is 0.0149 e. The summed E-state index contributed by atoms with van der Waals surface area (Å²) in [4.78, 5) is 0. The highest BCUT2D eigenvalue weighted by Gasteiger charge is 2.00. The fourth-order valence-electron chi connectivity index (χ4n) is 1.86. The van der Waals surface area contributed by atoms with E-state index in [9.17, 15) is 0 Å². The Morgan fingerprint density at radius 2 is 1.87 bits per heavy atom. The van der Waals surface area contributed by atoms with E-state index >= 15 is 0 Å². The molecule has 0 spiro atoms. The highest BCUT2D eigenvalue weighted by Crippen LogP contribution is 2.04. The largest absolute Gasteiger partial charge is 0.0870 e. The van der Waals surface area contributed by atoms with Gasteiger partial charge in [0.25, 0.3) is 0 Å². The van der Waals surface area contributed by atoms with Gasteiger partial charge in [-0.1, -0.05) is 50.3 Å². The molecule has 0 heterocycles. The summed E-state index contributed by atoms with van der Waals surface area (Å²) >= 11 is 0. The van der Waals surface area contributed by atoms with Crippen LogP contribution in [-0.4, -0.2) is 0 Å². The number of rotatable bonds is 1. The summed E-state index contributed by atoms with van der Waals surface area (Å²) in [5.41, 5.74) is 2.75. The fourth-order valence-corrected chi connectivity index (χ4v) is 1.86. The lowest BCUT2D eigenvalue weighted by Gasteiger charge is -2.00. The van der Waals surface area contributed by atoms with Crippen LogP contribution < -0.4 is 10.4 Å². The first-order chi connectivity index (χ1) is 7.33. The van der Waals surface area contributed by atoms with Crippen LogP contribution in [0.25, 0.3) is 18.2 Å². The molecule has 2 rings (SSSR count). The van der Waals surface area contributed by atoms with Gasteiger partial charge in [0.1, 0.15) is 0 Å². The Labute approximate surface area is 92.6 Å². The minimum absolute atomic E-state index is 1.09. The predicted molar refractivity (Wildman–Crippen MR) is 70.0 cm³/mol. The van der Waals surface area contributed by atoms with Crippen molar-refractivity contribution in [3.63, 3.8) is 0 Å². The van der Waals surface area contributed by atoms with Gasteiger partial charge in [-0.05, 0) is 41.8 Å². The van der Waals surface area contributed by atoms with Crippen molar-refractivity contribution in [2.75, 3.05) is 0 Å². The molecule has 0 fully saturated rings. The summed E-state index contributed by atoms with van der Waals surface area (Å²) in [5, 5.41) is 2.80. The molecule has 15 heavy (non-hydrogen) atoms. The Kier molecular flexibility index (Phi) is 4.36. The van der Waals surface area contributed by atoms with Crippen LogP contribution in [-0.2, 0) is 0 Å². The molecule has 80 valence electrons. The number of benzene rings is 1. The summed E-state index contributed by atoms with van der Waals surface area (Å²) in [6.07, 6.45) is 9.97. The lowest BCUT2D eigenvalue weighted by Crippen LogP contribution is -2.24. The fraction of sp³-hybridized carbons (Fsp3) is 0.333. The average Bonchev–Trinajstić information content (AvgIpc) is 2.73. The topological polar surface area (TPSA) is 0 Å². The molecule has 0 saturated heterocycles. The molecule has 1 aliphatic carbocycles. The minimum atomic E-state index is 1.09. The molecule has 0 unspecified atom stereocenters. The lowest BCUT2D eigenvalue weighted by molar-refractivity contribution is 1.38. The summed E-state index contributed by atoms with van der Waals surface area (Å²) in [6.45, 7) is 8.24. The van der Waals surface area contributed by atoms with E-state index in [1.54, 1.807) is 0 Å². The van der Waals surface area contributed by atoms with Gasteiger partial charge in [-0.25, -0.2) is 0 Å². The van der Waals surface area contributed by atoms with Gasteiger partial charge in [-0.15, -0.1) is 0 Å². The van der Waals surface area contributed by atoms with Gasteiger partial charge in [-0.2, -0.15) is 0 Å². The second-order valence-electron chi connectivity index (χ2n) is 3.44. The molecule has 0 saturated carbocycles. The van der Waals surface area contributed by atoms with Gasteiger partial charge >= 0.3 is 0 Å². The van der Waals surface area contributed by atoms with Crippen molar-refractivity contribution in [1.29, 1.82) is 0 Å². The third-order valence-corrected chi connectivity index (χ3v) is 2.53. The molecule has 0 amide bonds. The maximum Gasteiger partial charge on any atom is -0.0149 e. The van der Waals surface area contributed by atoms with E-state index in [1.807, 2.05) is 13.8 Å². The van der Waals surface area contributed by atoms with E-state index in [0.717, 1.165) is 6.42 Å². The molecule has 0 nitrogen and oxygen atoms in total. The van der Waals surface area contributed by atoms with Gasteiger partial charge in [0.2, 0.25) is 0 Å². The van der Waals surface area contributed by atoms with Crippen LogP contribution >= 0.6 is 0 Å². The van der Waals surface area contributed by atoms with Crippen molar-refractivity contribution in [1.82, 2.24) is 0 Å². The minimum Gasteiger partial charge on any atom is -0.0870 e. The van der Waals surface area contributed by atoms with Gasteiger partial charge in [0.05, 0.1) is 0 Å². The van der Waals surface area contributed by atoms with Crippen LogP contribution in [0, 0.1) is 6.92 Å². The molecule has 1 aromatic carbocycles. The highest BCUT2D eigenvalue weighted by molar-refractivity contribution is 5.60. The molecule has 0 aromatic heterocycles. The van der Waals surface area contributed by atoms with Crippen molar-refractivity contribution >= 4 is 18.2 Å². The van der Waals surface area contributed by atoms with Crippen molar-refractivity contribution in [2.45, 2.75) is 34.1 Å². The molecule has 0 radical (unpaired) electrons. The van der Waals surface area contributed by atoms with E-state index in [4.69, 9.17) is 0 Å². The van der Waals surface area contributed by atoms with Crippen molar-refractivity contribution in [3.8, 4) is 0 Å². The molecule has 1 aromatic rings. The van der Waals surface area contributed by atoms with Crippen LogP contribution in [0.1, 0.15) is 38.3 Å². The molecular weight excluding hydrogens is 180 g/mol. The first-order valence-corrected chi connectivity index (χ1v) is 5.75. The summed E-state index contributed by atoms with van der Waals surface area (Å²) in [5.74, 6) is 0. The standard InChI is InChI=1S/C13H14.C2H6/c1-3-5-12-10(2)8-9-11-6-4-7-13(11)12;1-2/h3,5-9H,4H2,1-2H3;1-2H3/b5-3-;. The Bertz CT molecular complexity index is 462. The molecular formula is C15H20. The lowest BCUT2D eigenvalue weighted by atomic mass is 10.0. The summed E-state index contributed by atoms with van der Waals surface area (Å²) < 4.78 is 0. The first-order valence-electron chi connectivity index (χ1n) is 5.75. The van der Waals surface area contributed by atoms with Gasteiger partial charge in [0, 0.05) is 0 Å². The monoisotopic (exact) mass is 200 g/mol. The zero-order chi connectivity index (χ0) is 11.3. The molecule has 0 atom stereocenters. The Morgan fingerprint density at radius 3 is 2.53 bits per heavy atom. The number of hydrogen-bond donors (Lipinski definition) is 0. The molecule has 0 N–H and O–H groups in total. The Morgan fingerprint density at radius 1 is 1.13 bits per heavy atom. The summed E-state index contributed by atoms with van der Waals surface area (Å²) in [6, 6.07) is 4.41. The van der Waals surface area contributed by atoms with Crippen LogP contribution in [0.5, 0.6) is 0 Å². The van der Waals surface area contributed by atoms with Gasteiger partial charge < -0.3 is 0 Å². The van der Waals surface area contributed by atoms with E-state index in [2.05, 4.69) is 50.3 Å². The molecule has 0 heteroatoms. The zero-order valence-electron chi connectivity index (χ0n) is 10.2. The first kappa shape index (κ1) is 11.8. The van der Waals surface area contributed by atoms with Crippen molar-refractivity contribution in [2.24, 2.45) is 0 Å². The Hall–Kier alpha value is -1.30. The van der Waals surface area contributed by atoms with E-state index < -0.39 is 0 Å². The van der Waals surface area contributed by atoms with Crippen LogP contribution in [0.2, 0.25) is 0 Å². The second kappa shape index (κ2) is 5.55. The van der Waals surface area contributed by atoms with E-state index in [1.165, 1.54) is 21.6 Å². The van der Waals surface area contributed by atoms with E-state index in [-0.39, 0.29) is 0 Å². The van der Waals surface area contributed by atoms with Crippen molar-refractivity contribution < 1.29 is 0 Å². The maximum atomic E-state index is 2.30. The van der Waals surface area contributed by atoms with Gasteiger partial charge in [-0.3, -0.25) is 0 Å². The number of fused-ring (bicyclic) bond motifs is 1.